The van der Waals surface area contributed by atoms with Crippen LogP contribution in [0.5, 0.6) is 5.75 Å². The van der Waals surface area contributed by atoms with E-state index < -0.39 is 0 Å². The number of rotatable bonds is 6. The molecule has 1 amide bonds. The lowest BCUT2D eigenvalue weighted by atomic mass is 10.2. The SMILES string of the molecule is CCOc1ccc2nc(N(CC3CCCO3)C(=O)c3cnccn3)sc2c1. The number of thiazole rings is 1. The summed E-state index contributed by atoms with van der Waals surface area (Å²) < 4.78 is 12.3. The highest BCUT2D eigenvalue weighted by Crippen LogP contribution is 2.33. The molecule has 0 N–H and O–H groups in total. The molecule has 1 aromatic carbocycles. The number of benzene rings is 1. The first kappa shape index (κ1) is 17.8. The molecule has 1 atom stereocenters. The third-order valence-electron chi connectivity index (χ3n) is 4.33. The first-order valence-electron chi connectivity index (χ1n) is 8.97. The molecule has 3 heterocycles. The van der Waals surface area contributed by atoms with Gasteiger partial charge in [-0.25, -0.2) is 9.97 Å². The highest BCUT2D eigenvalue weighted by atomic mass is 32.1. The fourth-order valence-electron chi connectivity index (χ4n) is 3.05. The monoisotopic (exact) mass is 384 g/mol. The second kappa shape index (κ2) is 7.98. The van der Waals surface area contributed by atoms with Crippen LogP contribution in [0.15, 0.2) is 36.8 Å². The van der Waals surface area contributed by atoms with Crippen LogP contribution in [0.4, 0.5) is 5.13 Å². The number of aromatic nitrogens is 3. The van der Waals surface area contributed by atoms with E-state index >= 15 is 0 Å². The second-order valence-corrected chi connectivity index (χ2v) is 7.21. The van der Waals surface area contributed by atoms with Gasteiger partial charge >= 0.3 is 0 Å². The normalized spacial score (nSPS) is 16.6. The van der Waals surface area contributed by atoms with Crippen LogP contribution in [0.2, 0.25) is 0 Å². The molecule has 0 radical (unpaired) electrons. The lowest BCUT2D eigenvalue weighted by Crippen LogP contribution is -2.38. The Morgan fingerprint density at radius 1 is 1.41 bits per heavy atom. The van der Waals surface area contributed by atoms with Gasteiger partial charge in [-0.15, -0.1) is 0 Å². The second-order valence-electron chi connectivity index (χ2n) is 6.20. The van der Waals surface area contributed by atoms with Crippen LogP contribution < -0.4 is 9.64 Å². The maximum absolute atomic E-state index is 13.1. The summed E-state index contributed by atoms with van der Waals surface area (Å²) in [7, 11) is 0. The van der Waals surface area contributed by atoms with E-state index in [1.165, 1.54) is 23.7 Å². The van der Waals surface area contributed by atoms with Gasteiger partial charge in [0.25, 0.3) is 5.91 Å². The van der Waals surface area contributed by atoms with Gasteiger partial charge in [-0.05, 0) is 38.0 Å². The van der Waals surface area contributed by atoms with Gasteiger partial charge in [-0.3, -0.25) is 14.7 Å². The number of nitrogens with zero attached hydrogens (tertiary/aromatic N) is 4. The maximum atomic E-state index is 13.1. The van der Waals surface area contributed by atoms with Gasteiger partial charge in [0, 0.05) is 19.0 Å². The third kappa shape index (κ3) is 3.91. The first-order chi connectivity index (χ1) is 13.2. The number of carbonyl (C=O) groups excluding carboxylic acids is 1. The molecule has 3 aromatic rings. The largest absolute Gasteiger partial charge is 0.494 e. The van der Waals surface area contributed by atoms with Crippen LogP contribution in [0.1, 0.15) is 30.3 Å². The van der Waals surface area contributed by atoms with Crippen molar-refractivity contribution in [2.24, 2.45) is 0 Å². The molecule has 0 spiro atoms. The van der Waals surface area contributed by atoms with E-state index in [-0.39, 0.29) is 12.0 Å². The van der Waals surface area contributed by atoms with Gasteiger partial charge in [0.1, 0.15) is 11.4 Å². The summed E-state index contributed by atoms with van der Waals surface area (Å²) in [6.45, 7) is 3.74. The third-order valence-corrected chi connectivity index (χ3v) is 5.37. The summed E-state index contributed by atoms with van der Waals surface area (Å²) in [5.41, 5.74) is 1.13. The predicted molar refractivity (Wildman–Crippen MR) is 103 cm³/mol. The number of ether oxygens (including phenoxy) is 2. The molecule has 1 aliphatic heterocycles. The van der Waals surface area contributed by atoms with E-state index in [2.05, 4.69) is 15.0 Å². The van der Waals surface area contributed by atoms with Crippen molar-refractivity contribution in [3.05, 3.63) is 42.5 Å². The molecule has 4 rings (SSSR count). The maximum Gasteiger partial charge on any atom is 0.280 e. The van der Waals surface area contributed by atoms with Crippen molar-refractivity contribution in [3.63, 3.8) is 0 Å². The Morgan fingerprint density at radius 2 is 2.33 bits per heavy atom. The van der Waals surface area contributed by atoms with E-state index in [4.69, 9.17) is 9.47 Å². The van der Waals surface area contributed by atoms with Gasteiger partial charge in [-0.1, -0.05) is 11.3 Å². The molecule has 7 nitrogen and oxygen atoms in total. The molecule has 0 aliphatic carbocycles. The molecule has 2 aromatic heterocycles. The lowest BCUT2D eigenvalue weighted by molar-refractivity contribution is 0.0913. The average molecular weight is 384 g/mol. The zero-order valence-electron chi connectivity index (χ0n) is 15.0. The summed E-state index contributed by atoms with van der Waals surface area (Å²) in [6, 6.07) is 5.76. The molecular weight excluding hydrogens is 364 g/mol. The molecule has 0 saturated carbocycles. The van der Waals surface area contributed by atoms with Crippen LogP contribution in [-0.4, -0.2) is 46.7 Å². The van der Waals surface area contributed by atoms with E-state index in [9.17, 15) is 4.79 Å². The number of carbonyl (C=O) groups is 1. The number of hydrogen-bond acceptors (Lipinski definition) is 7. The van der Waals surface area contributed by atoms with Gasteiger partial charge in [-0.2, -0.15) is 0 Å². The van der Waals surface area contributed by atoms with Gasteiger partial charge in [0.15, 0.2) is 5.13 Å². The number of amides is 1. The Bertz CT molecular complexity index is 925. The summed E-state index contributed by atoms with van der Waals surface area (Å²) in [5, 5.41) is 0.629. The van der Waals surface area contributed by atoms with E-state index in [1.54, 1.807) is 11.1 Å². The zero-order valence-corrected chi connectivity index (χ0v) is 15.8. The van der Waals surface area contributed by atoms with Crippen molar-refractivity contribution in [2.75, 3.05) is 24.7 Å². The van der Waals surface area contributed by atoms with Crippen LogP contribution in [0, 0.1) is 0 Å². The van der Waals surface area contributed by atoms with Crippen molar-refractivity contribution in [1.29, 1.82) is 0 Å². The molecule has 8 heteroatoms. The van der Waals surface area contributed by atoms with Gasteiger partial charge in [0.2, 0.25) is 0 Å². The minimum absolute atomic E-state index is 0.0108. The smallest absolute Gasteiger partial charge is 0.280 e. The number of hydrogen-bond donors (Lipinski definition) is 0. The summed E-state index contributed by atoms with van der Waals surface area (Å²) in [5.74, 6) is 0.578. The standard InChI is InChI=1S/C19H20N4O3S/c1-2-25-13-5-6-15-17(10-13)27-19(22-15)23(12-14-4-3-9-26-14)18(24)16-11-20-7-8-21-16/h5-8,10-11,14H,2-4,9,12H2,1H3. The van der Waals surface area contributed by atoms with Gasteiger partial charge in [0.05, 0.1) is 35.7 Å². The van der Waals surface area contributed by atoms with Crippen molar-refractivity contribution in [2.45, 2.75) is 25.9 Å². The molecule has 1 aliphatic rings. The van der Waals surface area contributed by atoms with E-state index in [0.29, 0.717) is 24.0 Å². The Morgan fingerprint density at radius 3 is 3.07 bits per heavy atom. The molecular formula is C19H20N4O3S. The van der Waals surface area contributed by atoms with Crippen LogP contribution in [-0.2, 0) is 4.74 Å². The topological polar surface area (TPSA) is 77.4 Å². The number of anilines is 1. The fourth-order valence-corrected chi connectivity index (χ4v) is 4.05. The summed E-state index contributed by atoms with van der Waals surface area (Å²) in [4.78, 5) is 27.6. The van der Waals surface area contributed by atoms with Crippen molar-refractivity contribution in [1.82, 2.24) is 15.0 Å². The quantitative estimate of drug-likeness (QED) is 0.649. The number of fused-ring (bicyclic) bond motifs is 1. The van der Waals surface area contributed by atoms with Crippen molar-refractivity contribution >= 4 is 32.6 Å². The average Bonchev–Trinajstić information content (AvgIpc) is 3.35. The lowest BCUT2D eigenvalue weighted by Gasteiger charge is -2.22. The molecule has 0 bridgehead atoms. The minimum atomic E-state index is -0.220. The van der Waals surface area contributed by atoms with E-state index in [0.717, 1.165) is 35.4 Å². The Kier molecular flexibility index (Phi) is 5.26. The summed E-state index contributed by atoms with van der Waals surface area (Å²) >= 11 is 1.46. The van der Waals surface area contributed by atoms with Crippen LogP contribution in [0.25, 0.3) is 10.2 Å². The van der Waals surface area contributed by atoms with Gasteiger partial charge < -0.3 is 9.47 Å². The molecule has 27 heavy (non-hydrogen) atoms. The molecule has 140 valence electrons. The zero-order chi connectivity index (χ0) is 18.6. The van der Waals surface area contributed by atoms with Crippen molar-refractivity contribution in [3.8, 4) is 5.75 Å². The van der Waals surface area contributed by atoms with Crippen molar-refractivity contribution < 1.29 is 14.3 Å². The minimum Gasteiger partial charge on any atom is -0.494 e. The highest BCUT2D eigenvalue weighted by Gasteiger charge is 2.27. The van der Waals surface area contributed by atoms with Crippen LogP contribution in [0.3, 0.4) is 0 Å². The molecule has 1 saturated heterocycles. The summed E-state index contributed by atoms with van der Waals surface area (Å²) in [6.07, 6.45) is 6.50. The Labute approximate surface area is 161 Å². The fraction of sp³-hybridized carbons (Fsp3) is 0.368. The predicted octanol–water partition coefficient (Wildman–Crippen LogP) is 3.31. The highest BCUT2D eigenvalue weighted by molar-refractivity contribution is 7.22. The van der Waals surface area contributed by atoms with Crippen LogP contribution >= 0.6 is 11.3 Å². The Hall–Kier alpha value is -2.58. The Balaban J connectivity index is 1.68. The first-order valence-corrected chi connectivity index (χ1v) is 9.79. The molecule has 1 unspecified atom stereocenters. The van der Waals surface area contributed by atoms with E-state index in [1.807, 2.05) is 25.1 Å². The molecule has 1 fully saturated rings.